The second kappa shape index (κ2) is 7.44. The van der Waals surface area contributed by atoms with Gasteiger partial charge in [-0.2, -0.15) is 5.26 Å². The van der Waals surface area contributed by atoms with Crippen molar-refractivity contribution < 1.29 is 5.11 Å². The smallest absolute Gasteiger partial charge is 0.0991 e. The quantitative estimate of drug-likeness (QED) is 0.883. The van der Waals surface area contributed by atoms with Crippen molar-refractivity contribution in [2.45, 2.75) is 12.6 Å². The first-order chi connectivity index (χ1) is 10.1. The molecule has 0 spiro atoms. The van der Waals surface area contributed by atoms with E-state index in [0.717, 1.165) is 5.56 Å². The second-order valence-corrected chi connectivity index (χ2v) is 5.53. The number of benzene rings is 2. The van der Waals surface area contributed by atoms with Crippen LogP contribution in [0.3, 0.4) is 0 Å². The zero-order valence-electron chi connectivity index (χ0n) is 11.2. The van der Waals surface area contributed by atoms with Gasteiger partial charge in [-0.15, -0.1) is 0 Å². The molecule has 0 heterocycles. The molecule has 0 bridgehead atoms. The number of nitrogens with zero attached hydrogens (tertiary/aromatic N) is 1. The number of rotatable bonds is 5. The van der Waals surface area contributed by atoms with Crippen molar-refractivity contribution in [3.05, 3.63) is 69.2 Å². The largest absolute Gasteiger partial charge is 0.387 e. The number of hydrogen-bond donors (Lipinski definition) is 2. The Labute approximate surface area is 133 Å². The summed E-state index contributed by atoms with van der Waals surface area (Å²) in [4.78, 5) is 0. The third-order valence-corrected chi connectivity index (χ3v) is 3.43. The van der Waals surface area contributed by atoms with Gasteiger partial charge < -0.3 is 10.4 Å². The average molecular weight is 321 g/mol. The van der Waals surface area contributed by atoms with Crippen LogP contribution in [-0.2, 0) is 6.54 Å². The van der Waals surface area contributed by atoms with Crippen LogP contribution in [0, 0.1) is 11.3 Å². The lowest BCUT2D eigenvalue weighted by molar-refractivity contribution is 0.174. The Morgan fingerprint density at radius 3 is 2.52 bits per heavy atom. The van der Waals surface area contributed by atoms with Crippen molar-refractivity contribution in [1.29, 1.82) is 5.26 Å². The van der Waals surface area contributed by atoms with Gasteiger partial charge in [-0.25, -0.2) is 0 Å². The van der Waals surface area contributed by atoms with Crippen molar-refractivity contribution >= 4 is 23.2 Å². The Morgan fingerprint density at radius 1 is 1.14 bits per heavy atom. The number of halogens is 2. The summed E-state index contributed by atoms with van der Waals surface area (Å²) in [6, 6.07) is 14.4. The minimum atomic E-state index is -0.694. The lowest BCUT2D eigenvalue weighted by atomic mass is 10.1. The highest BCUT2D eigenvalue weighted by molar-refractivity contribution is 6.34. The molecule has 21 heavy (non-hydrogen) atoms. The van der Waals surface area contributed by atoms with Gasteiger partial charge in [-0.3, -0.25) is 0 Å². The molecule has 2 rings (SSSR count). The van der Waals surface area contributed by atoms with Gasteiger partial charge in [0, 0.05) is 23.1 Å². The summed E-state index contributed by atoms with van der Waals surface area (Å²) in [5.41, 5.74) is 2.28. The average Bonchev–Trinajstić information content (AvgIpc) is 2.46. The molecule has 0 aliphatic carbocycles. The minimum absolute atomic E-state index is 0.369. The number of nitriles is 1. The molecule has 3 nitrogen and oxygen atoms in total. The zero-order chi connectivity index (χ0) is 15.2. The summed E-state index contributed by atoms with van der Waals surface area (Å²) < 4.78 is 0. The van der Waals surface area contributed by atoms with Gasteiger partial charge in [0.25, 0.3) is 0 Å². The zero-order valence-corrected chi connectivity index (χ0v) is 12.7. The predicted octanol–water partition coefficient (Wildman–Crippen LogP) is 3.69. The minimum Gasteiger partial charge on any atom is -0.387 e. The van der Waals surface area contributed by atoms with E-state index in [1.165, 1.54) is 0 Å². The highest BCUT2D eigenvalue weighted by Gasteiger charge is 2.09. The molecule has 0 aromatic heterocycles. The van der Waals surface area contributed by atoms with E-state index in [-0.39, 0.29) is 0 Å². The van der Waals surface area contributed by atoms with Crippen LogP contribution in [0.15, 0.2) is 42.5 Å². The molecule has 1 atom stereocenters. The van der Waals surface area contributed by atoms with Gasteiger partial charge in [0.15, 0.2) is 0 Å². The van der Waals surface area contributed by atoms with Crippen molar-refractivity contribution in [2.75, 3.05) is 6.54 Å². The van der Waals surface area contributed by atoms with Crippen LogP contribution in [0.2, 0.25) is 10.0 Å². The Bertz CT molecular complexity index is 647. The van der Waals surface area contributed by atoms with Gasteiger partial charge in [-0.1, -0.05) is 35.3 Å². The van der Waals surface area contributed by atoms with Gasteiger partial charge in [0.05, 0.1) is 17.7 Å². The van der Waals surface area contributed by atoms with Crippen LogP contribution in [0.4, 0.5) is 0 Å². The van der Waals surface area contributed by atoms with Crippen molar-refractivity contribution in [2.24, 2.45) is 0 Å². The highest BCUT2D eigenvalue weighted by Crippen LogP contribution is 2.23. The number of nitrogens with one attached hydrogen (secondary N) is 1. The van der Waals surface area contributed by atoms with E-state index in [4.69, 9.17) is 28.5 Å². The summed E-state index contributed by atoms with van der Waals surface area (Å²) in [5.74, 6) is 0. The summed E-state index contributed by atoms with van der Waals surface area (Å²) in [6.45, 7) is 0.939. The maximum atomic E-state index is 10.1. The molecule has 0 aliphatic heterocycles. The predicted molar refractivity (Wildman–Crippen MR) is 84.3 cm³/mol. The number of hydrogen-bond acceptors (Lipinski definition) is 3. The van der Waals surface area contributed by atoms with Crippen molar-refractivity contribution in [1.82, 2.24) is 5.32 Å². The summed E-state index contributed by atoms with van der Waals surface area (Å²) in [5, 5.41) is 23.1. The molecule has 0 fully saturated rings. The topological polar surface area (TPSA) is 56.0 Å². The molecule has 0 amide bonds. The number of aliphatic hydroxyl groups is 1. The standard InChI is InChI=1S/C16H14Cl2N2O/c17-14-5-13(6-15(18)7-14)16(21)10-20-9-12-3-1-2-11(4-12)8-19/h1-7,16,20-21H,9-10H2. The van der Waals surface area contributed by atoms with E-state index < -0.39 is 6.10 Å². The molecular weight excluding hydrogens is 307 g/mol. The van der Waals surface area contributed by atoms with E-state index in [2.05, 4.69) is 11.4 Å². The van der Waals surface area contributed by atoms with Gasteiger partial charge in [0.1, 0.15) is 0 Å². The van der Waals surface area contributed by atoms with Crippen LogP contribution >= 0.6 is 23.2 Å². The Kier molecular flexibility index (Phi) is 5.60. The molecule has 5 heteroatoms. The maximum Gasteiger partial charge on any atom is 0.0991 e. The summed E-state index contributed by atoms with van der Waals surface area (Å²) in [7, 11) is 0. The Morgan fingerprint density at radius 2 is 1.86 bits per heavy atom. The van der Waals surface area contributed by atoms with Crippen LogP contribution in [0.1, 0.15) is 22.8 Å². The fourth-order valence-electron chi connectivity index (χ4n) is 1.99. The van der Waals surface area contributed by atoms with Crippen LogP contribution < -0.4 is 5.32 Å². The van der Waals surface area contributed by atoms with E-state index in [1.807, 2.05) is 18.2 Å². The molecule has 1 unspecified atom stereocenters. The van der Waals surface area contributed by atoms with Gasteiger partial charge in [-0.05, 0) is 41.5 Å². The second-order valence-electron chi connectivity index (χ2n) is 4.66. The molecule has 0 saturated carbocycles. The Hall–Kier alpha value is -1.57. The fourth-order valence-corrected chi connectivity index (χ4v) is 2.53. The lowest BCUT2D eigenvalue weighted by Gasteiger charge is -2.13. The molecule has 0 saturated heterocycles. The first kappa shape index (κ1) is 15.8. The van der Waals surface area contributed by atoms with E-state index >= 15 is 0 Å². The molecule has 0 aliphatic rings. The lowest BCUT2D eigenvalue weighted by Crippen LogP contribution is -2.21. The molecular formula is C16H14Cl2N2O. The van der Waals surface area contributed by atoms with Crippen molar-refractivity contribution in [3.8, 4) is 6.07 Å². The monoisotopic (exact) mass is 320 g/mol. The summed E-state index contributed by atoms with van der Waals surface area (Å²) >= 11 is 11.8. The normalized spacial score (nSPS) is 11.9. The SMILES string of the molecule is N#Cc1cccc(CNCC(O)c2cc(Cl)cc(Cl)c2)c1. The fraction of sp³-hybridized carbons (Fsp3) is 0.188. The first-order valence-electron chi connectivity index (χ1n) is 6.42. The van der Waals surface area contributed by atoms with Crippen LogP contribution in [0.5, 0.6) is 0 Å². The van der Waals surface area contributed by atoms with Gasteiger partial charge >= 0.3 is 0 Å². The van der Waals surface area contributed by atoms with E-state index in [9.17, 15) is 5.11 Å². The van der Waals surface area contributed by atoms with Crippen LogP contribution in [-0.4, -0.2) is 11.7 Å². The molecule has 2 aromatic carbocycles. The Balaban J connectivity index is 1.92. The summed E-state index contributed by atoms with van der Waals surface area (Å²) in [6.07, 6.45) is -0.694. The first-order valence-corrected chi connectivity index (χ1v) is 7.18. The number of aliphatic hydroxyl groups excluding tert-OH is 1. The third-order valence-electron chi connectivity index (χ3n) is 2.99. The molecule has 0 radical (unpaired) electrons. The molecule has 2 N–H and O–H groups in total. The maximum absolute atomic E-state index is 10.1. The molecule has 2 aromatic rings. The molecule has 108 valence electrons. The van der Waals surface area contributed by atoms with Crippen LogP contribution in [0.25, 0.3) is 0 Å². The van der Waals surface area contributed by atoms with Crippen molar-refractivity contribution in [3.63, 3.8) is 0 Å². The highest BCUT2D eigenvalue weighted by atomic mass is 35.5. The van der Waals surface area contributed by atoms with E-state index in [0.29, 0.717) is 34.3 Å². The van der Waals surface area contributed by atoms with Gasteiger partial charge in [0.2, 0.25) is 0 Å². The third kappa shape index (κ3) is 4.73. The van der Waals surface area contributed by atoms with E-state index in [1.54, 1.807) is 24.3 Å².